The second-order valence-electron chi connectivity index (χ2n) is 7.62. The number of sulfonamides is 1. The molecule has 2 aromatic carbocycles. The monoisotopic (exact) mass is 472 g/mol. The zero-order valence-electron chi connectivity index (χ0n) is 19.1. The molecule has 0 unspecified atom stereocenters. The van der Waals surface area contributed by atoms with E-state index in [1.165, 1.54) is 16.1 Å². The van der Waals surface area contributed by atoms with E-state index in [2.05, 4.69) is 5.32 Å². The first-order valence-corrected chi connectivity index (χ1v) is 12.2. The number of benzene rings is 2. The average molecular weight is 473 g/mol. The van der Waals surface area contributed by atoms with Gasteiger partial charge in [0.1, 0.15) is 11.4 Å². The van der Waals surface area contributed by atoms with E-state index in [9.17, 15) is 18.0 Å². The Labute approximate surface area is 193 Å². The molecule has 176 valence electrons. The number of nitrogens with zero attached hydrogens (tertiary/aromatic N) is 3. The van der Waals surface area contributed by atoms with Crippen LogP contribution in [0.2, 0.25) is 0 Å². The predicted octanol–water partition coefficient (Wildman–Crippen LogP) is 2.68. The van der Waals surface area contributed by atoms with Gasteiger partial charge in [-0.05, 0) is 49.7 Å². The third-order valence-electron chi connectivity index (χ3n) is 5.34. The van der Waals surface area contributed by atoms with Gasteiger partial charge in [-0.25, -0.2) is 13.1 Å². The van der Waals surface area contributed by atoms with Crippen molar-refractivity contribution < 1.29 is 17.9 Å². The molecule has 0 saturated heterocycles. The molecule has 0 aliphatic carbocycles. The van der Waals surface area contributed by atoms with Gasteiger partial charge in [-0.15, -0.1) is 0 Å². The first-order valence-electron chi connectivity index (χ1n) is 10.4. The molecule has 3 rings (SSSR count). The SMILES string of the molecule is COc1ccc(N(CCCC(=O)Nc2c(C)n(C)n(-c3ccccc3)c2=O)S(C)(=O)=O)cc1. The summed E-state index contributed by atoms with van der Waals surface area (Å²) in [6.07, 6.45) is 1.46. The second kappa shape index (κ2) is 9.95. The first kappa shape index (κ1) is 24.1. The molecule has 1 amide bonds. The molecule has 0 fully saturated rings. The molecule has 1 heterocycles. The third kappa shape index (κ3) is 5.46. The van der Waals surface area contributed by atoms with Crippen molar-refractivity contribution in [3.05, 3.63) is 70.6 Å². The minimum atomic E-state index is -3.54. The number of aromatic nitrogens is 2. The number of para-hydroxylation sites is 1. The standard InChI is InChI=1S/C23H28N4O5S/c1-17-22(23(29)27(25(17)2)19-9-6-5-7-10-19)24-21(28)11-8-16-26(33(4,30)31)18-12-14-20(32-3)15-13-18/h5-7,9-10,12-15H,8,11,16H2,1-4H3,(H,24,28). The van der Waals surface area contributed by atoms with Gasteiger partial charge in [0.25, 0.3) is 5.56 Å². The average Bonchev–Trinajstić information content (AvgIpc) is 2.99. The number of anilines is 2. The Hall–Kier alpha value is -3.53. The van der Waals surface area contributed by atoms with E-state index >= 15 is 0 Å². The highest BCUT2D eigenvalue weighted by Crippen LogP contribution is 2.22. The number of ether oxygens (including phenoxy) is 1. The maximum absolute atomic E-state index is 12.9. The maximum Gasteiger partial charge on any atom is 0.295 e. The molecule has 1 N–H and O–H groups in total. The van der Waals surface area contributed by atoms with Crippen LogP contribution < -0.4 is 19.9 Å². The van der Waals surface area contributed by atoms with Crippen LogP contribution in [0.1, 0.15) is 18.5 Å². The molecule has 3 aromatic rings. The number of nitrogens with one attached hydrogen (secondary N) is 1. The molecular weight excluding hydrogens is 444 g/mol. The number of carbonyl (C=O) groups is 1. The Kier molecular flexibility index (Phi) is 7.27. The van der Waals surface area contributed by atoms with E-state index in [1.807, 2.05) is 30.3 Å². The lowest BCUT2D eigenvalue weighted by Crippen LogP contribution is -2.31. The zero-order valence-corrected chi connectivity index (χ0v) is 19.9. The first-order chi connectivity index (χ1) is 15.6. The molecule has 10 heteroatoms. The number of hydrogen-bond acceptors (Lipinski definition) is 5. The van der Waals surface area contributed by atoms with Gasteiger partial charge in [0.2, 0.25) is 15.9 Å². The predicted molar refractivity (Wildman–Crippen MR) is 129 cm³/mol. The van der Waals surface area contributed by atoms with Crippen molar-refractivity contribution in [1.82, 2.24) is 9.36 Å². The summed E-state index contributed by atoms with van der Waals surface area (Å²) in [6, 6.07) is 15.8. The summed E-state index contributed by atoms with van der Waals surface area (Å²) in [5.41, 5.74) is 1.68. The van der Waals surface area contributed by atoms with Crippen LogP contribution in [0.3, 0.4) is 0 Å². The van der Waals surface area contributed by atoms with Gasteiger partial charge in [-0.3, -0.25) is 18.6 Å². The van der Waals surface area contributed by atoms with Crippen molar-refractivity contribution in [1.29, 1.82) is 0 Å². The van der Waals surface area contributed by atoms with Gasteiger partial charge >= 0.3 is 0 Å². The minimum absolute atomic E-state index is 0.0568. The number of rotatable bonds is 9. The van der Waals surface area contributed by atoms with Crippen molar-refractivity contribution >= 4 is 27.3 Å². The van der Waals surface area contributed by atoms with Crippen molar-refractivity contribution in [2.45, 2.75) is 19.8 Å². The molecule has 0 aliphatic rings. The summed E-state index contributed by atoms with van der Waals surface area (Å²) in [7, 11) is -0.256. The van der Waals surface area contributed by atoms with Gasteiger partial charge in [0.05, 0.1) is 30.4 Å². The molecular formula is C23H28N4O5S. The van der Waals surface area contributed by atoms with Crippen LogP contribution in [0.5, 0.6) is 5.75 Å². The highest BCUT2D eigenvalue weighted by atomic mass is 32.2. The molecule has 1 aromatic heterocycles. The van der Waals surface area contributed by atoms with Crippen molar-refractivity contribution in [3.63, 3.8) is 0 Å². The van der Waals surface area contributed by atoms with E-state index in [0.29, 0.717) is 22.8 Å². The van der Waals surface area contributed by atoms with Crippen LogP contribution in [-0.4, -0.2) is 43.6 Å². The normalized spacial score (nSPS) is 11.3. The molecule has 0 saturated carbocycles. The fourth-order valence-corrected chi connectivity index (χ4v) is 4.50. The number of methoxy groups -OCH3 is 1. The third-order valence-corrected chi connectivity index (χ3v) is 6.54. The number of amides is 1. The van der Waals surface area contributed by atoms with Crippen LogP contribution in [0.4, 0.5) is 11.4 Å². The maximum atomic E-state index is 12.9. The molecule has 0 radical (unpaired) electrons. The Balaban J connectivity index is 1.69. The second-order valence-corrected chi connectivity index (χ2v) is 9.53. The summed E-state index contributed by atoms with van der Waals surface area (Å²) in [5, 5.41) is 2.70. The molecule has 0 aliphatic heterocycles. The van der Waals surface area contributed by atoms with E-state index in [1.54, 1.807) is 42.9 Å². The zero-order chi connectivity index (χ0) is 24.2. The van der Waals surface area contributed by atoms with Crippen molar-refractivity contribution in [3.8, 4) is 11.4 Å². The Morgan fingerprint density at radius 3 is 2.30 bits per heavy atom. The van der Waals surface area contributed by atoms with E-state index < -0.39 is 10.0 Å². The fraction of sp³-hybridized carbons (Fsp3) is 0.304. The topological polar surface area (TPSA) is 103 Å². The van der Waals surface area contributed by atoms with E-state index in [0.717, 1.165) is 6.26 Å². The quantitative estimate of drug-likeness (QED) is 0.516. The largest absolute Gasteiger partial charge is 0.497 e. The summed E-state index contributed by atoms with van der Waals surface area (Å²) >= 11 is 0. The number of carbonyl (C=O) groups excluding carboxylic acids is 1. The highest BCUT2D eigenvalue weighted by Gasteiger charge is 2.20. The van der Waals surface area contributed by atoms with Gasteiger partial charge in [-0.2, -0.15) is 0 Å². The van der Waals surface area contributed by atoms with Crippen molar-refractivity contribution in [2.24, 2.45) is 7.05 Å². The van der Waals surface area contributed by atoms with Crippen LogP contribution in [0, 0.1) is 6.92 Å². The summed E-state index contributed by atoms with van der Waals surface area (Å²) < 4.78 is 34.1. The van der Waals surface area contributed by atoms with Crippen LogP contribution >= 0.6 is 0 Å². The van der Waals surface area contributed by atoms with E-state index in [-0.39, 0.29) is 36.5 Å². The van der Waals surface area contributed by atoms with Crippen molar-refractivity contribution in [2.75, 3.05) is 29.5 Å². The molecule has 0 spiro atoms. The summed E-state index contributed by atoms with van der Waals surface area (Å²) in [6.45, 7) is 1.88. The number of hydrogen-bond donors (Lipinski definition) is 1. The van der Waals surface area contributed by atoms with E-state index in [4.69, 9.17) is 4.74 Å². The van der Waals surface area contributed by atoms with Gasteiger partial charge in [0.15, 0.2) is 0 Å². The fourth-order valence-electron chi connectivity index (χ4n) is 3.53. The Morgan fingerprint density at radius 1 is 1.09 bits per heavy atom. The van der Waals surface area contributed by atoms with Crippen LogP contribution in [0.15, 0.2) is 59.4 Å². The Bertz CT molecular complexity index is 1280. The highest BCUT2D eigenvalue weighted by molar-refractivity contribution is 7.92. The smallest absolute Gasteiger partial charge is 0.295 e. The lowest BCUT2D eigenvalue weighted by Gasteiger charge is -2.22. The molecule has 0 bridgehead atoms. The lowest BCUT2D eigenvalue weighted by atomic mass is 10.2. The van der Waals surface area contributed by atoms with Gasteiger partial charge in [-0.1, -0.05) is 18.2 Å². The lowest BCUT2D eigenvalue weighted by molar-refractivity contribution is -0.116. The van der Waals surface area contributed by atoms with Gasteiger partial charge in [0, 0.05) is 20.0 Å². The molecule has 33 heavy (non-hydrogen) atoms. The molecule has 0 atom stereocenters. The van der Waals surface area contributed by atoms with Gasteiger partial charge < -0.3 is 10.1 Å². The summed E-state index contributed by atoms with van der Waals surface area (Å²) in [4.78, 5) is 25.5. The molecule has 9 nitrogen and oxygen atoms in total. The van der Waals surface area contributed by atoms with Crippen LogP contribution in [-0.2, 0) is 21.9 Å². The minimum Gasteiger partial charge on any atom is -0.497 e. The Morgan fingerprint density at radius 2 is 1.73 bits per heavy atom. The summed E-state index contributed by atoms with van der Waals surface area (Å²) in [5.74, 6) is 0.259. The van der Waals surface area contributed by atoms with Crippen LogP contribution in [0.25, 0.3) is 5.69 Å².